The third kappa shape index (κ3) is 3.94. The molecule has 0 N–H and O–H groups in total. The van der Waals surface area contributed by atoms with E-state index in [1.54, 1.807) is 0 Å². The number of allylic oxidation sites excluding steroid dienone is 2. The van der Waals surface area contributed by atoms with Crippen molar-refractivity contribution in [3.8, 4) is 0 Å². The summed E-state index contributed by atoms with van der Waals surface area (Å²) >= 11 is 0. The lowest BCUT2D eigenvalue weighted by Gasteiger charge is -2.34. The van der Waals surface area contributed by atoms with Crippen LogP contribution in [0.2, 0.25) is 0 Å². The fraction of sp³-hybridized carbons (Fsp3) is 0.812. The number of Topliss-reactive ketones (excluding diaryl/α,β-unsaturated/α-hetero) is 1. The zero-order valence-electron chi connectivity index (χ0n) is 11.6. The van der Waals surface area contributed by atoms with Crippen molar-refractivity contribution < 1.29 is 9.53 Å². The van der Waals surface area contributed by atoms with Crippen LogP contribution >= 0.6 is 0 Å². The van der Waals surface area contributed by atoms with Gasteiger partial charge in [0.15, 0.2) is 5.78 Å². The van der Waals surface area contributed by atoms with Crippen LogP contribution in [0.15, 0.2) is 11.6 Å². The molecule has 2 nitrogen and oxygen atoms in total. The third-order valence-electron chi connectivity index (χ3n) is 4.22. The number of ketones is 1. The molecule has 0 aromatic heterocycles. The molecule has 2 rings (SSSR count). The Kier molecular flexibility index (Phi) is 5.43. The molecule has 0 spiro atoms. The lowest BCUT2D eigenvalue weighted by Crippen LogP contribution is -2.33. The first-order valence-electron chi connectivity index (χ1n) is 7.63. The molecule has 0 amide bonds. The van der Waals surface area contributed by atoms with Crippen LogP contribution in [-0.4, -0.2) is 18.5 Å². The molecule has 0 heterocycles. The van der Waals surface area contributed by atoms with Gasteiger partial charge >= 0.3 is 0 Å². The van der Waals surface area contributed by atoms with Crippen molar-refractivity contribution in [1.29, 1.82) is 0 Å². The molecule has 0 saturated heterocycles. The summed E-state index contributed by atoms with van der Waals surface area (Å²) in [5.74, 6) is 0.997. The molecule has 0 aromatic rings. The van der Waals surface area contributed by atoms with Gasteiger partial charge in [-0.15, -0.1) is 0 Å². The van der Waals surface area contributed by atoms with Crippen molar-refractivity contribution in [2.24, 2.45) is 5.92 Å². The van der Waals surface area contributed by atoms with E-state index in [2.05, 4.69) is 6.08 Å². The number of rotatable bonds is 5. The summed E-state index contributed by atoms with van der Waals surface area (Å²) in [6, 6.07) is 0. The number of carbonyl (C=O) groups excluding carboxylic acids is 1. The first-order valence-corrected chi connectivity index (χ1v) is 7.63. The fourth-order valence-electron chi connectivity index (χ4n) is 3.05. The van der Waals surface area contributed by atoms with E-state index in [1.165, 1.54) is 25.7 Å². The number of carbonyl (C=O) groups is 1. The summed E-state index contributed by atoms with van der Waals surface area (Å²) < 4.78 is 5.55. The lowest BCUT2D eigenvalue weighted by atomic mass is 9.77. The summed E-state index contributed by atoms with van der Waals surface area (Å²) in [5.41, 5.74) is 1.12. The minimum atomic E-state index is 0.414. The van der Waals surface area contributed by atoms with Crippen molar-refractivity contribution >= 4 is 5.78 Å². The van der Waals surface area contributed by atoms with Crippen LogP contribution in [0.1, 0.15) is 64.7 Å². The summed E-state index contributed by atoms with van der Waals surface area (Å²) in [6.07, 6.45) is 12.8. The second-order valence-corrected chi connectivity index (χ2v) is 5.72. The molecule has 18 heavy (non-hydrogen) atoms. The third-order valence-corrected chi connectivity index (χ3v) is 4.22. The van der Waals surface area contributed by atoms with E-state index in [1.807, 2.05) is 6.92 Å². The first-order chi connectivity index (χ1) is 8.79. The average molecular weight is 250 g/mol. The standard InChI is InChI=1S/C16H26O2/c1-2-18-15-10-13(11-15)12-16(17)14-8-6-4-3-5-7-9-14/h8,13,15H,2-7,9-12H2,1H3. The van der Waals surface area contributed by atoms with E-state index < -0.39 is 0 Å². The van der Waals surface area contributed by atoms with Gasteiger partial charge in [-0.1, -0.05) is 18.9 Å². The van der Waals surface area contributed by atoms with E-state index in [0.717, 1.165) is 44.3 Å². The number of ether oxygens (including phenoxy) is 1. The lowest BCUT2D eigenvalue weighted by molar-refractivity contribution is -0.118. The summed E-state index contributed by atoms with van der Waals surface area (Å²) in [6.45, 7) is 2.84. The summed E-state index contributed by atoms with van der Waals surface area (Å²) in [4.78, 5) is 12.2. The van der Waals surface area contributed by atoms with Crippen LogP contribution in [0.4, 0.5) is 0 Å². The van der Waals surface area contributed by atoms with Gasteiger partial charge in [0.25, 0.3) is 0 Å². The Hall–Kier alpha value is -0.630. The van der Waals surface area contributed by atoms with Crippen LogP contribution < -0.4 is 0 Å². The van der Waals surface area contributed by atoms with E-state index in [9.17, 15) is 4.79 Å². The van der Waals surface area contributed by atoms with Crippen molar-refractivity contribution in [1.82, 2.24) is 0 Å². The minimum Gasteiger partial charge on any atom is -0.378 e. The molecule has 0 radical (unpaired) electrons. The molecule has 0 aliphatic heterocycles. The highest BCUT2D eigenvalue weighted by Gasteiger charge is 2.31. The largest absolute Gasteiger partial charge is 0.378 e. The maximum absolute atomic E-state index is 12.2. The second-order valence-electron chi connectivity index (χ2n) is 5.72. The van der Waals surface area contributed by atoms with E-state index >= 15 is 0 Å². The minimum absolute atomic E-state index is 0.414. The van der Waals surface area contributed by atoms with Gasteiger partial charge in [0.05, 0.1) is 6.10 Å². The van der Waals surface area contributed by atoms with Crippen LogP contribution in [0.5, 0.6) is 0 Å². The van der Waals surface area contributed by atoms with Crippen LogP contribution in [0, 0.1) is 5.92 Å². The molecule has 1 fully saturated rings. The van der Waals surface area contributed by atoms with E-state index in [0.29, 0.717) is 17.8 Å². The molecule has 0 atom stereocenters. The van der Waals surface area contributed by atoms with Crippen LogP contribution in [-0.2, 0) is 9.53 Å². The monoisotopic (exact) mass is 250 g/mol. The molecular weight excluding hydrogens is 224 g/mol. The van der Waals surface area contributed by atoms with Crippen molar-refractivity contribution in [2.45, 2.75) is 70.8 Å². The molecule has 1 saturated carbocycles. The van der Waals surface area contributed by atoms with Gasteiger partial charge in [-0.25, -0.2) is 0 Å². The van der Waals surface area contributed by atoms with Crippen molar-refractivity contribution in [2.75, 3.05) is 6.61 Å². The smallest absolute Gasteiger partial charge is 0.158 e. The molecule has 0 aromatic carbocycles. The van der Waals surface area contributed by atoms with Gasteiger partial charge in [0, 0.05) is 13.0 Å². The normalized spacial score (nSPS) is 28.8. The predicted molar refractivity (Wildman–Crippen MR) is 73.5 cm³/mol. The summed E-state index contributed by atoms with van der Waals surface area (Å²) in [5, 5.41) is 0. The van der Waals surface area contributed by atoms with Crippen LogP contribution in [0.3, 0.4) is 0 Å². The van der Waals surface area contributed by atoms with Gasteiger partial charge in [0.2, 0.25) is 0 Å². The Morgan fingerprint density at radius 2 is 2.06 bits per heavy atom. The van der Waals surface area contributed by atoms with Crippen molar-refractivity contribution in [3.63, 3.8) is 0 Å². The Balaban J connectivity index is 1.74. The number of hydrogen-bond acceptors (Lipinski definition) is 2. The van der Waals surface area contributed by atoms with Gasteiger partial charge in [-0.2, -0.15) is 0 Å². The highest BCUT2D eigenvalue weighted by molar-refractivity contribution is 5.95. The topological polar surface area (TPSA) is 26.3 Å². The maximum Gasteiger partial charge on any atom is 0.158 e. The first kappa shape index (κ1) is 13.8. The Bertz CT molecular complexity index is 300. The number of hydrogen-bond donors (Lipinski definition) is 0. The average Bonchev–Trinajstić information content (AvgIpc) is 2.25. The van der Waals surface area contributed by atoms with Crippen LogP contribution in [0.25, 0.3) is 0 Å². The van der Waals surface area contributed by atoms with Gasteiger partial charge < -0.3 is 4.74 Å². The highest BCUT2D eigenvalue weighted by atomic mass is 16.5. The zero-order chi connectivity index (χ0) is 12.8. The van der Waals surface area contributed by atoms with E-state index in [-0.39, 0.29) is 0 Å². The molecule has 2 aliphatic rings. The van der Waals surface area contributed by atoms with Crippen molar-refractivity contribution in [3.05, 3.63) is 11.6 Å². The molecule has 2 aliphatic carbocycles. The molecule has 2 heteroatoms. The molecule has 102 valence electrons. The molecular formula is C16H26O2. The maximum atomic E-state index is 12.2. The fourth-order valence-corrected chi connectivity index (χ4v) is 3.05. The van der Waals surface area contributed by atoms with Gasteiger partial charge in [-0.3, -0.25) is 4.79 Å². The Labute approximate surface area is 111 Å². The Morgan fingerprint density at radius 3 is 2.83 bits per heavy atom. The zero-order valence-corrected chi connectivity index (χ0v) is 11.6. The molecule has 0 bridgehead atoms. The highest BCUT2D eigenvalue weighted by Crippen LogP contribution is 2.34. The predicted octanol–water partition coefficient (Wildman–Crippen LogP) is 4.04. The SMILES string of the molecule is CCOC1CC(CC(=O)C2=CCCCCCC2)C1. The Morgan fingerprint density at radius 1 is 1.28 bits per heavy atom. The van der Waals surface area contributed by atoms with E-state index in [4.69, 9.17) is 4.74 Å². The van der Waals surface area contributed by atoms with Gasteiger partial charge in [0.1, 0.15) is 0 Å². The molecule has 0 unspecified atom stereocenters. The van der Waals surface area contributed by atoms with Gasteiger partial charge in [-0.05, 0) is 56.9 Å². The summed E-state index contributed by atoms with van der Waals surface area (Å²) in [7, 11) is 0. The quantitative estimate of drug-likeness (QED) is 0.736. The second kappa shape index (κ2) is 7.08.